The van der Waals surface area contributed by atoms with Gasteiger partial charge in [0.2, 0.25) is 0 Å². The summed E-state index contributed by atoms with van der Waals surface area (Å²) in [5.74, 6) is 0.373. The largest absolute Gasteiger partial charge is 0.393 e. The number of aliphatic hydroxyl groups excluding tert-OH is 1. The Morgan fingerprint density at radius 3 is 1.85 bits per heavy atom. The van der Waals surface area contributed by atoms with E-state index in [2.05, 4.69) is 94.4 Å². The Morgan fingerprint density at radius 1 is 0.923 bits per heavy atom. The van der Waals surface area contributed by atoms with E-state index in [4.69, 9.17) is 0 Å². The maximum atomic E-state index is 10.5. The lowest BCUT2D eigenvalue weighted by Crippen LogP contribution is -2.64. The van der Waals surface area contributed by atoms with Crippen LogP contribution >= 0.6 is 0 Å². The molecule has 0 aromatic heterocycles. The molecule has 1 nitrogen and oxygen atoms in total. The van der Waals surface area contributed by atoms with Gasteiger partial charge in [-0.2, -0.15) is 0 Å². The molecule has 0 bridgehead atoms. The van der Waals surface area contributed by atoms with Gasteiger partial charge in [-0.25, -0.2) is 0 Å². The molecule has 0 aliphatic heterocycles. The van der Waals surface area contributed by atoms with Crippen LogP contribution in [-0.2, 0) is 0 Å². The van der Waals surface area contributed by atoms with Crippen molar-refractivity contribution in [1.82, 2.24) is 0 Å². The molecule has 2 aromatic carbocycles. The van der Waals surface area contributed by atoms with Crippen molar-refractivity contribution in [2.75, 3.05) is 0 Å². The summed E-state index contributed by atoms with van der Waals surface area (Å²) in [7, 11) is -2.07. The Labute approximate surface area is 159 Å². The van der Waals surface area contributed by atoms with Crippen molar-refractivity contribution in [2.24, 2.45) is 5.92 Å². The second-order valence-corrected chi connectivity index (χ2v) is 13.7. The molecule has 2 atom stereocenters. The molecule has 0 unspecified atom stereocenters. The summed E-state index contributed by atoms with van der Waals surface area (Å²) in [6, 6.07) is 23.3. The van der Waals surface area contributed by atoms with E-state index in [0.717, 1.165) is 18.9 Å². The number of benzene rings is 2. The summed E-state index contributed by atoms with van der Waals surface area (Å²) in [6.45, 7) is 9.37. The SMILES string of the molecule is C[C@H]1CC=C(C[Si](c2ccccc2)(c2ccccc2)C(C)(C)C)C[C@@H]1O. The van der Waals surface area contributed by atoms with E-state index in [1.54, 1.807) is 0 Å². The monoisotopic (exact) mass is 364 g/mol. The lowest BCUT2D eigenvalue weighted by Gasteiger charge is -2.45. The maximum Gasteiger partial charge on any atom is 0.127 e. The zero-order chi connectivity index (χ0) is 18.8. The van der Waals surface area contributed by atoms with Crippen molar-refractivity contribution >= 4 is 18.4 Å². The second kappa shape index (κ2) is 7.54. The molecule has 0 radical (unpaired) electrons. The Balaban J connectivity index is 2.15. The first kappa shape index (κ1) is 19.1. The molecule has 1 N–H and O–H groups in total. The van der Waals surface area contributed by atoms with Crippen LogP contribution in [-0.4, -0.2) is 19.3 Å². The van der Waals surface area contributed by atoms with E-state index < -0.39 is 8.07 Å². The minimum absolute atomic E-state index is 0.171. The third-order valence-corrected chi connectivity index (χ3v) is 12.4. The van der Waals surface area contributed by atoms with Gasteiger partial charge >= 0.3 is 0 Å². The fourth-order valence-corrected chi connectivity index (χ4v) is 9.99. The second-order valence-electron chi connectivity index (χ2n) is 8.91. The fourth-order valence-electron chi connectivity index (χ4n) is 4.50. The third kappa shape index (κ3) is 3.58. The van der Waals surface area contributed by atoms with E-state index in [1.807, 2.05) is 0 Å². The van der Waals surface area contributed by atoms with E-state index in [-0.39, 0.29) is 11.1 Å². The highest BCUT2D eigenvalue weighted by molar-refractivity contribution is 7.04. The predicted octanol–water partition coefficient (Wildman–Crippen LogP) is 4.77. The van der Waals surface area contributed by atoms with Gasteiger partial charge in [0.1, 0.15) is 8.07 Å². The van der Waals surface area contributed by atoms with Crippen molar-refractivity contribution < 1.29 is 5.11 Å². The first-order chi connectivity index (χ1) is 12.3. The molecular formula is C24H32OSi. The van der Waals surface area contributed by atoms with Gasteiger partial charge in [-0.15, -0.1) is 0 Å². The van der Waals surface area contributed by atoms with Crippen LogP contribution in [0, 0.1) is 5.92 Å². The van der Waals surface area contributed by atoms with Gasteiger partial charge in [0.25, 0.3) is 0 Å². The van der Waals surface area contributed by atoms with Crippen LogP contribution in [0.2, 0.25) is 11.1 Å². The summed E-state index contributed by atoms with van der Waals surface area (Å²) in [5.41, 5.74) is 1.45. The topological polar surface area (TPSA) is 20.2 Å². The molecular weight excluding hydrogens is 332 g/mol. The minimum Gasteiger partial charge on any atom is -0.393 e. The van der Waals surface area contributed by atoms with Gasteiger partial charge < -0.3 is 5.11 Å². The standard InChI is InChI=1S/C24H32OSi/c1-19-15-16-20(17-23(19)25)18-26(24(2,3)4,21-11-7-5-8-12-21)22-13-9-6-10-14-22/h5-14,16,19,23,25H,15,17-18H2,1-4H3/t19-,23-/m0/s1. The average Bonchev–Trinajstić information content (AvgIpc) is 2.63. The minimum atomic E-state index is -2.07. The molecule has 1 aliphatic carbocycles. The van der Waals surface area contributed by atoms with Crippen LogP contribution < -0.4 is 10.4 Å². The lowest BCUT2D eigenvalue weighted by molar-refractivity contribution is 0.112. The number of hydrogen-bond donors (Lipinski definition) is 1. The number of hydrogen-bond acceptors (Lipinski definition) is 1. The van der Waals surface area contributed by atoms with Gasteiger partial charge in [0, 0.05) is 0 Å². The predicted molar refractivity (Wildman–Crippen MR) is 115 cm³/mol. The molecule has 2 heteroatoms. The highest BCUT2D eigenvalue weighted by atomic mass is 28.3. The first-order valence-corrected chi connectivity index (χ1v) is 12.0. The van der Waals surface area contributed by atoms with Gasteiger partial charge in [0.15, 0.2) is 0 Å². The van der Waals surface area contributed by atoms with Crippen LogP contribution in [0.25, 0.3) is 0 Å². The summed E-state index contributed by atoms with van der Waals surface area (Å²) < 4.78 is 0. The molecule has 3 rings (SSSR count). The lowest BCUT2D eigenvalue weighted by atomic mass is 9.89. The Kier molecular flexibility index (Phi) is 5.54. The molecule has 0 heterocycles. The fraction of sp³-hybridized carbons (Fsp3) is 0.417. The van der Waals surface area contributed by atoms with Crippen molar-refractivity contribution in [3.63, 3.8) is 0 Å². The number of allylic oxidation sites excluding steroid dienone is 1. The molecule has 26 heavy (non-hydrogen) atoms. The maximum absolute atomic E-state index is 10.5. The zero-order valence-electron chi connectivity index (χ0n) is 16.6. The van der Waals surface area contributed by atoms with Crippen molar-refractivity contribution in [3.05, 3.63) is 72.3 Å². The van der Waals surface area contributed by atoms with Crippen LogP contribution in [0.3, 0.4) is 0 Å². The Bertz CT molecular complexity index is 703. The van der Waals surface area contributed by atoms with E-state index in [0.29, 0.717) is 5.92 Å². The summed E-state index contributed by atoms with van der Waals surface area (Å²) in [5, 5.41) is 13.6. The molecule has 0 fully saturated rings. The Hall–Kier alpha value is -1.64. The van der Waals surface area contributed by atoms with Crippen molar-refractivity contribution in [3.8, 4) is 0 Å². The molecule has 1 aliphatic rings. The molecule has 0 saturated carbocycles. The highest BCUT2D eigenvalue weighted by Crippen LogP contribution is 2.42. The molecule has 0 amide bonds. The third-order valence-electron chi connectivity index (χ3n) is 6.21. The van der Waals surface area contributed by atoms with Crippen molar-refractivity contribution in [1.29, 1.82) is 0 Å². The van der Waals surface area contributed by atoms with E-state index in [1.165, 1.54) is 15.9 Å². The van der Waals surface area contributed by atoms with E-state index >= 15 is 0 Å². The van der Waals surface area contributed by atoms with Gasteiger partial charge in [-0.3, -0.25) is 0 Å². The molecule has 0 spiro atoms. The zero-order valence-corrected chi connectivity index (χ0v) is 17.6. The van der Waals surface area contributed by atoms with Crippen LogP contribution in [0.15, 0.2) is 72.3 Å². The summed E-state index contributed by atoms with van der Waals surface area (Å²) in [4.78, 5) is 0. The van der Waals surface area contributed by atoms with E-state index in [9.17, 15) is 5.11 Å². The van der Waals surface area contributed by atoms with Crippen LogP contribution in [0.1, 0.15) is 40.5 Å². The normalized spacial score (nSPS) is 21.3. The van der Waals surface area contributed by atoms with Crippen molar-refractivity contribution in [2.45, 2.75) is 57.7 Å². The van der Waals surface area contributed by atoms with Crippen LogP contribution in [0.4, 0.5) is 0 Å². The van der Waals surface area contributed by atoms with Gasteiger partial charge in [-0.1, -0.05) is 110 Å². The average molecular weight is 365 g/mol. The molecule has 0 saturated heterocycles. The summed E-state index contributed by atoms with van der Waals surface area (Å²) in [6.07, 6.45) is 4.03. The van der Waals surface area contributed by atoms with Crippen LogP contribution in [0.5, 0.6) is 0 Å². The Morgan fingerprint density at radius 2 is 1.42 bits per heavy atom. The quantitative estimate of drug-likeness (QED) is 0.612. The van der Waals surface area contributed by atoms with Gasteiger partial charge in [-0.05, 0) is 29.8 Å². The molecule has 2 aromatic rings. The number of aliphatic hydroxyl groups is 1. The summed E-state index contributed by atoms with van der Waals surface area (Å²) >= 11 is 0. The van der Waals surface area contributed by atoms with Gasteiger partial charge in [0.05, 0.1) is 6.10 Å². The molecule has 138 valence electrons. The smallest absolute Gasteiger partial charge is 0.127 e. The first-order valence-electron chi connectivity index (χ1n) is 9.81. The number of rotatable bonds is 4. The highest BCUT2D eigenvalue weighted by Gasteiger charge is 2.48.